The van der Waals surface area contributed by atoms with Crippen molar-refractivity contribution in [3.8, 4) is 11.6 Å². The lowest BCUT2D eigenvalue weighted by Gasteiger charge is -2.51. The lowest BCUT2D eigenvalue weighted by atomic mass is 9.70. The van der Waals surface area contributed by atoms with Gasteiger partial charge in [0.1, 0.15) is 5.75 Å². The first-order valence-corrected chi connectivity index (χ1v) is 8.47. The Morgan fingerprint density at radius 1 is 1.29 bits per heavy atom. The maximum Gasteiger partial charge on any atom is 0.213 e. The van der Waals surface area contributed by atoms with Crippen molar-refractivity contribution in [1.82, 2.24) is 9.97 Å². The van der Waals surface area contributed by atoms with E-state index in [2.05, 4.69) is 9.97 Å². The summed E-state index contributed by atoms with van der Waals surface area (Å²) in [5, 5.41) is 10.3. The van der Waals surface area contributed by atoms with Crippen molar-refractivity contribution in [1.29, 1.82) is 0 Å². The van der Waals surface area contributed by atoms with Crippen molar-refractivity contribution in [2.75, 3.05) is 13.7 Å². The van der Waals surface area contributed by atoms with E-state index in [4.69, 9.17) is 15.2 Å². The van der Waals surface area contributed by atoms with Crippen LogP contribution in [0.2, 0.25) is 0 Å². The molecule has 2 aromatic heterocycles. The standard InChI is InChI=1S/C18H23N3O3/c1-23-15-3-2-13-16(21-15)12(14(22)10-20-13)4-5-18-8-6-17(19,7-9-18)11-24-18/h2-3,10,22H,4-9,11,19H2,1H3. The highest BCUT2D eigenvalue weighted by atomic mass is 16.5. The number of aromatic nitrogens is 2. The van der Waals surface area contributed by atoms with E-state index in [1.54, 1.807) is 13.2 Å². The molecule has 6 nitrogen and oxygen atoms in total. The van der Waals surface area contributed by atoms with Crippen LogP contribution in [0.15, 0.2) is 18.3 Å². The van der Waals surface area contributed by atoms with E-state index in [1.807, 2.05) is 6.07 Å². The second-order valence-electron chi connectivity index (χ2n) is 7.18. The lowest BCUT2D eigenvalue weighted by molar-refractivity contribution is -0.156. The number of hydrogen-bond acceptors (Lipinski definition) is 6. The molecule has 4 heterocycles. The molecule has 3 aliphatic rings. The molecule has 0 amide bonds. The zero-order valence-electron chi connectivity index (χ0n) is 13.9. The Bertz CT molecular complexity index is 753. The molecular formula is C18H23N3O3. The normalized spacial score (nSPS) is 29.1. The Labute approximate surface area is 141 Å². The van der Waals surface area contributed by atoms with Crippen molar-refractivity contribution in [3.05, 3.63) is 23.9 Å². The molecule has 3 N–H and O–H groups in total. The zero-order valence-corrected chi connectivity index (χ0v) is 13.9. The van der Waals surface area contributed by atoms with Gasteiger partial charge < -0.3 is 20.3 Å². The average molecular weight is 329 g/mol. The molecule has 128 valence electrons. The number of nitrogens with two attached hydrogens (primary N) is 1. The van der Waals surface area contributed by atoms with Crippen molar-refractivity contribution < 1.29 is 14.6 Å². The highest BCUT2D eigenvalue weighted by Crippen LogP contribution is 2.45. The molecule has 2 aliphatic heterocycles. The summed E-state index contributed by atoms with van der Waals surface area (Å²) in [5.74, 6) is 0.702. The van der Waals surface area contributed by atoms with E-state index in [1.165, 1.54) is 6.20 Å². The number of pyridine rings is 2. The van der Waals surface area contributed by atoms with Crippen LogP contribution >= 0.6 is 0 Å². The van der Waals surface area contributed by atoms with Crippen LogP contribution in [0.3, 0.4) is 0 Å². The summed E-state index contributed by atoms with van der Waals surface area (Å²) in [6, 6.07) is 3.64. The highest BCUT2D eigenvalue weighted by Gasteiger charge is 2.47. The van der Waals surface area contributed by atoms with E-state index in [0.717, 1.165) is 43.2 Å². The van der Waals surface area contributed by atoms with E-state index in [0.29, 0.717) is 24.4 Å². The van der Waals surface area contributed by atoms with Gasteiger partial charge in [-0.2, -0.15) is 0 Å². The second kappa shape index (κ2) is 5.57. The minimum atomic E-state index is -0.123. The second-order valence-corrected chi connectivity index (χ2v) is 7.18. The van der Waals surface area contributed by atoms with Gasteiger partial charge in [0.2, 0.25) is 5.88 Å². The summed E-state index contributed by atoms with van der Waals surface area (Å²) in [4.78, 5) is 8.73. The van der Waals surface area contributed by atoms with Gasteiger partial charge in [-0.05, 0) is 44.6 Å². The first kappa shape index (κ1) is 15.6. The fraction of sp³-hybridized carbons (Fsp3) is 0.556. The minimum absolute atomic E-state index is 0.109. The van der Waals surface area contributed by atoms with E-state index in [-0.39, 0.29) is 16.9 Å². The van der Waals surface area contributed by atoms with Crippen molar-refractivity contribution in [2.45, 2.75) is 49.7 Å². The van der Waals surface area contributed by atoms with Gasteiger partial charge in [-0.25, -0.2) is 4.98 Å². The van der Waals surface area contributed by atoms with E-state index >= 15 is 0 Å². The summed E-state index contributed by atoms with van der Waals surface area (Å²) in [5.41, 5.74) is 8.33. The number of methoxy groups -OCH3 is 1. The first-order valence-electron chi connectivity index (χ1n) is 8.47. The fourth-order valence-corrected chi connectivity index (χ4v) is 3.91. The summed E-state index contributed by atoms with van der Waals surface area (Å²) in [7, 11) is 1.58. The third-order valence-corrected chi connectivity index (χ3v) is 5.63. The number of rotatable bonds is 4. The highest BCUT2D eigenvalue weighted by molar-refractivity contribution is 5.80. The Hall–Kier alpha value is -1.92. The molecule has 3 fully saturated rings. The Morgan fingerprint density at radius 3 is 2.75 bits per heavy atom. The van der Waals surface area contributed by atoms with Crippen LogP contribution < -0.4 is 10.5 Å². The van der Waals surface area contributed by atoms with Gasteiger partial charge in [0, 0.05) is 17.2 Å². The molecule has 5 rings (SSSR count). The smallest absolute Gasteiger partial charge is 0.213 e. The van der Waals surface area contributed by atoms with Crippen LogP contribution in [0.25, 0.3) is 11.0 Å². The van der Waals surface area contributed by atoms with E-state index < -0.39 is 0 Å². The van der Waals surface area contributed by atoms with Crippen molar-refractivity contribution in [2.24, 2.45) is 5.73 Å². The van der Waals surface area contributed by atoms with Crippen LogP contribution in [-0.2, 0) is 11.2 Å². The number of aromatic hydroxyl groups is 1. The van der Waals surface area contributed by atoms with Crippen molar-refractivity contribution >= 4 is 11.0 Å². The molecule has 0 atom stereocenters. The van der Waals surface area contributed by atoms with Crippen LogP contribution in [0.1, 0.15) is 37.7 Å². The molecule has 1 aliphatic carbocycles. The quantitative estimate of drug-likeness (QED) is 0.894. The zero-order chi connectivity index (χ0) is 16.8. The Morgan fingerprint density at radius 2 is 2.08 bits per heavy atom. The molecule has 1 saturated carbocycles. The van der Waals surface area contributed by atoms with Gasteiger partial charge >= 0.3 is 0 Å². The maximum atomic E-state index is 10.3. The number of nitrogens with zero attached hydrogens (tertiary/aromatic N) is 2. The summed E-state index contributed by atoms with van der Waals surface area (Å²) < 4.78 is 11.3. The number of aryl methyl sites for hydroxylation is 1. The third-order valence-electron chi connectivity index (χ3n) is 5.63. The van der Waals surface area contributed by atoms with Gasteiger partial charge in [-0.1, -0.05) is 0 Å². The maximum absolute atomic E-state index is 10.3. The van der Waals surface area contributed by atoms with Gasteiger partial charge in [-0.15, -0.1) is 0 Å². The minimum Gasteiger partial charge on any atom is -0.506 e. The Kier molecular flexibility index (Phi) is 3.62. The molecule has 2 saturated heterocycles. The van der Waals surface area contributed by atoms with Crippen LogP contribution in [0.5, 0.6) is 11.6 Å². The SMILES string of the molecule is COc1ccc2ncc(O)c(CCC34CCC(N)(CC3)CO4)c2n1. The summed E-state index contributed by atoms with van der Waals surface area (Å²) in [6.07, 6.45) is 7.06. The number of fused-ring (bicyclic) bond motifs is 4. The molecule has 24 heavy (non-hydrogen) atoms. The third kappa shape index (κ3) is 2.59. The predicted molar refractivity (Wildman–Crippen MR) is 90.1 cm³/mol. The molecule has 0 spiro atoms. The largest absolute Gasteiger partial charge is 0.506 e. The van der Waals surface area contributed by atoms with Crippen LogP contribution in [-0.4, -0.2) is 39.9 Å². The molecule has 6 heteroatoms. The number of ether oxygens (including phenoxy) is 2. The molecule has 0 radical (unpaired) electrons. The van der Waals surface area contributed by atoms with Gasteiger partial charge in [0.05, 0.1) is 36.5 Å². The number of hydrogen-bond donors (Lipinski definition) is 2. The topological polar surface area (TPSA) is 90.5 Å². The molecule has 2 aromatic rings. The lowest BCUT2D eigenvalue weighted by Crippen LogP contribution is -2.59. The predicted octanol–water partition coefficient (Wildman–Crippen LogP) is 2.32. The van der Waals surface area contributed by atoms with Gasteiger partial charge in [0.15, 0.2) is 0 Å². The first-order chi connectivity index (χ1) is 11.5. The molecular weight excluding hydrogens is 306 g/mol. The van der Waals surface area contributed by atoms with Gasteiger partial charge in [-0.3, -0.25) is 4.98 Å². The van der Waals surface area contributed by atoms with Crippen LogP contribution in [0.4, 0.5) is 0 Å². The van der Waals surface area contributed by atoms with Crippen LogP contribution in [0, 0.1) is 0 Å². The van der Waals surface area contributed by atoms with E-state index in [9.17, 15) is 5.11 Å². The fourth-order valence-electron chi connectivity index (χ4n) is 3.91. The summed E-state index contributed by atoms with van der Waals surface area (Å²) >= 11 is 0. The average Bonchev–Trinajstić information content (AvgIpc) is 2.62. The molecule has 0 aromatic carbocycles. The molecule has 0 unspecified atom stereocenters. The molecule has 2 bridgehead atoms. The Balaban J connectivity index is 1.61. The van der Waals surface area contributed by atoms with Gasteiger partial charge in [0.25, 0.3) is 0 Å². The summed E-state index contributed by atoms with van der Waals surface area (Å²) in [6.45, 7) is 0.641. The van der Waals surface area contributed by atoms with Crippen molar-refractivity contribution in [3.63, 3.8) is 0 Å². The monoisotopic (exact) mass is 329 g/mol.